The molecule has 30 heavy (non-hydrogen) atoms. The van der Waals surface area contributed by atoms with Crippen LogP contribution in [0.25, 0.3) is 0 Å². The standard InChI is InChI=1S/C20H24N4O4S2/c1-20(2)15-12-14(30(27,28)23-9-4-3-5-10-23)6-7-16(15)24(18(20)26)13-17(25)22-19-21-8-11-29-19/h6-8,11-12H,3-5,9-10,13H2,1-2H3,(H,21,22,25). The highest BCUT2D eigenvalue weighted by Gasteiger charge is 2.45. The number of nitrogens with zero attached hydrogens (tertiary/aromatic N) is 3. The Morgan fingerprint density at radius 1 is 1.23 bits per heavy atom. The van der Waals surface area contributed by atoms with E-state index in [1.807, 2.05) is 0 Å². The molecule has 1 aromatic heterocycles. The zero-order valence-corrected chi connectivity index (χ0v) is 18.6. The summed E-state index contributed by atoms with van der Waals surface area (Å²) in [6.45, 7) is 4.39. The Bertz CT molecular complexity index is 1070. The minimum Gasteiger partial charge on any atom is -0.302 e. The Hall–Kier alpha value is -2.30. The lowest BCUT2D eigenvalue weighted by Gasteiger charge is -2.26. The van der Waals surface area contributed by atoms with Gasteiger partial charge in [-0.2, -0.15) is 4.31 Å². The van der Waals surface area contributed by atoms with Crippen molar-refractivity contribution in [3.8, 4) is 0 Å². The molecule has 0 radical (unpaired) electrons. The summed E-state index contributed by atoms with van der Waals surface area (Å²) in [5, 5.41) is 4.89. The van der Waals surface area contributed by atoms with Crippen molar-refractivity contribution >= 4 is 44.0 Å². The van der Waals surface area contributed by atoms with Crippen LogP contribution in [0.4, 0.5) is 10.8 Å². The van der Waals surface area contributed by atoms with Crippen LogP contribution in [0.15, 0.2) is 34.7 Å². The first-order valence-corrected chi connectivity index (χ1v) is 12.2. The highest BCUT2D eigenvalue weighted by Crippen LogP contribution is 2.42. The summed E-state index contributed by atoms with van der Waals surface area (Å²) in [6, 6.07) is 4.76. The Kier molecular flexibility index (Phi) is 5.41. The number of fused-ring (bicyclic) bond motifs is 1. The maximum absolute atomic E-state index is 13.1. The third-order valence-electron chi connectivity index (χ3n) is 5.65. The van der Waals surface area contributed by atoms with Gasteiger partial charge in [-0.1, -0.05) is 6.42 Å². The molecular weight excluding hydrogens is 424 g/mol. The molecule has 1 fully saturated rings. The number of benzene rings is 1. The van der Waals surface area contributed by atoms with E-state index in [4.69, 9.17) is 0 Å². The number of hydrogen-bond donors (Lipinski definition) is 1. The first-order valence-electron chi connectivity index (χ1n) is 9.87. The van der Waals surface area contributed by atoms with Gasteiger partial charge >= 0.3 is 0 Å². The van der Waals surface area contributed by atoms with E-state index in [2.05, 4.69) is 10.3 Å². The van der Waals surface area contributed by atoms with E-state index in [1.54, 1.807) is 37.6 Å². The second-order valence-electron chi connectivity index (χ2n) is 8.05. The van der Waals surface area contributed by atoms with Crippen molar-refractivity contribution in [3.05, 3.63) is 35.3 Å². The summed E-state index contributed by atoms with van der Waals surface area (Å²) < 4.78 is 27.7. The summed E-state index contributed by atoms with van der Waals surface area (Å²) in [6.07, 6.45) is 4.34. The van der Waals surface area contributed by atoms with E-state index in [0.717, 1.165) is 19.3 Å². The average Bonchev–Trinajstić information content (AvgIpc) is 3.30. The van der Waals surface area contributed by atoms with Crippen LogP contribution in [0, 0.1) is 0 Å². The largest absolute Gasteiger partial charge is 0.302 e. The summed E-state index contributed by atoms with van der Waals surface area (Å²) in [4.78, 5) is 31.1. The highest BCUT2D eigenvalue weighted by atomic mass is 32.2. The van der Waals surface area contributed by atoms with Crippen molar-refractivity contribution in [1.29, 1.82) is 0 Å². The van der Waals surface area contributed by atoms with Gasteiger partial charge in [-0.15, -0.1) is 11.3 Å². The first kappa shape index (κ1) is 21.0. The Labute approximate surface area is 180 Å². The average molecular weight is 449 g/mol. The fourth-order valence-corrected chi connectivity index (χ4v) is 6.06. The Morgan fingerprint density at radius 2 is 1.97 bits per heavy atom. The van der Waals surface area contributed by atoms with Gasteiger partial charge in [0.1, 0.15) is 6.54 Å². The van der Waals surface area contributed by atoms with Gasteiger partial charge in [0.25, 0.3) is 0 Å². The number of anilines is 2. The number of sulfonamides is 1. The normalized spacial score (nSPS) is 19.0. The Balaban J connectivity index is 1.63. The number of carbonyl (C=O) groups is 2. The van der Waals surface area contributed by atoms with Crippen molar-refractivity contribution in [3.63, 3.8) is 0 Å². The zero-order valence-electron chi connectivity index (χ0n) is 16.9. The maximum atomic E-state index is 13.1. The minimum atomic E-state index is -3.61. The monoisotopic (exact) mass is 448 g/mol. The van der Waals surface area contributed by atoms with Gasteiger partial charge in [-0.05, 0) is 50.5 Å². The molecule has 0 atom stereocenters. The summed E-state index contributed by atoms with van der Waals surface area (Å²) in [7, 11) is -3.61. The van der Waals surface area contributed by atoms with Gasteiger partial charge in [-0.3, -0.25) is 9.59 Å². The molecule has 1 saturated heterocycles. The third-order valence-corrected chi connectivity index (χ3v) is 8.23. The molecule has 2 aliphatic rings. The summed E-state index contributed by atoms with van der Waals surface area (Å²) in [5.74, 6) is -0.591. The van der Waals surface area contributed by atoms with Gasteiger partial charge in [0, 0.05) is 30.4 Å². The van der Waals surface area contributed by atoms with Crippen molar-refractivity contribution in [2.24, 2.45) is 0 Å². The molecule has 0 spiro atoms. The van der Waals surface area contributed by atoms with Crippen LogP contribution in [0.2, 0.25) is 0 Å². The second kappa shape index (κ2) is 7.75. The smallest absolute Gasteiger partial charge is 0.246 e. The van der Waals surface area contributed by atoms with E-state index in [9.17, 15) is 18.0 Å². The molecule has 0 bridgehead atoms. The van der Waals surface area contributed by atoms with Crippen LogP contribution < -0.4 is 10.2 Å². The number of hydrogen-bond acceptors (Lipinski definition) is 6. The molecule has 2 aliphatic heterocycles. The molecule has 3 heterocycles. The SMILES string of the molecule is CC1(C)C(=O)N(CC(=O)Nc2nccs2)c2ccc(S(=O)(=O)N3CCCCC3)cc21. The number of carbonyl (C=O) groups excluding carboxylic acids is 2. The fourth-order valence-electron chi connectivity index (χ4n) is 3.97. The van der Waals surface area contributed by atoms with E-state index < -0.39 is 15.4 Å². The molecule has 2 aromatic rings. The van der Waals surface area contributed by atoms with Crippen LogP contribution in [0.5, 0.6) is 0 Å². The number of aromatic nitrogens is 1. The highest BCUT2D eigenvalue weighted by molar-refractivity contribution is 7.89. The lowest BCUT2D eigenvalue weighted by molar-refractivity contribution is -0.124. The minimum absolute atomic E-state index is 0.160. The molecule has 1 N–H and O–H groups in total. The second-order valence-corrected chi connectivity index (χ2v) is 10.9. The fraction of sp³-hybridized carbons (Fsp3) is 0.450. The molecule has 10 heteroatoms. The summed E-state index contributed by atoms with van der Waals surface area (Å²) >= 11 is 1.30. The molecule has 0 aliphatic carbocycles. The molecule has 1 aromatic carbocycles. The predicted molar refractivity (Wildman–Crippen MR) is 115 cm³/mol. The third kappa shape index (κ3) is 3.63. The predicted octanol–water partition coefficient (Wildman–Crippen LogP) is 2.58. The van der Waals surface area contributed by atoms with E-state index in [1.165, 1.54) is 26.6 Å². The molecule has 160 valence electrons. The molecule has 0 unspecified atom stereocenters. The van der Waals surface area contributed by atoms with Crippen LogP contribution >= 0.6 is 11.3 Å². The van der Waals surface area contributed by atoms with Crippen LogP contribution in [0.1, 0.15) is 38.7 Å². The number of thiazole rings is 1. The zero-order chi connectivity index (χ0) is 21.5. The Morgan fingerprint density at radius 3 is 2.63 bits per heavy atom. The molecule has 2 amide bonds. The molecular formula is C20H24N4O4S2. The van der Waals surface area contributed by atoms with E-state index in [0.29, 0.717) is 29.5 Å². The quantitative estimate of drug-likeness (QED) is 0.758. The van der Waals surface area contributed by atoms with Crippen molar-refractivity contribution in [2.75, 3.05) is 29.9 Å². The van der Waals surface area contributed by atoms with Gasteiger partial charge in [0.05, 0.1) is 10.3 Å². The number of nitrogens with one attached hydrogen (secondary N) is 1. The molecule has 0 saturated carbocycles. The van der Waals surface area contributed by atoms with Gasteiger partial charge in [0.2, 0.25) is 21.8 Å². The lowest BCUT2D eigenvalue weighted by Crippen LogP contribution is -2.40. The maximum Gasteiger partial charge on any atom is 0.246 e. The number of piperidine rings is 1. The van der Waals surface area contributed by atoms with Crippen molar-refractivity contribution < 1.29 is 18.0 Å². The van der Waals surface area contributed by atoms with Crippen molar-refractivity contribution in [2.45, 2.75) is 43.4 Å². The first-order chi connectivity index (χ1) is 14.2. The number of amides is 2. The van der Waals surface area contributed by atoms with Crippen molar-refractivity contribution in [1.82, 2.24) is 9.29 Å². The van der Waals surface area contributed by atoms with Gasteiger partial charge < -0.3 is 10.2 Å². The van der Waals surface area contributed by atoms with E-state index in [-0.39, 0.29) is 23.3 Å². The van der Waals surface area contributed by atoms with Crippen LogP contribution in [0.3, 0.4) is 0 Å². The molecule has 4 rings (SSSR count). The van der Waals surface area contributed by atoms with Crippen LogP contribution in [-0.4, -0.2) is 49.2 Å². The summed E-state index contributed by atoms with van der Waals surface area (Å²) in [5.41, 5.74) is 0.258. The molecule has 8 nitrogen and oxygen atoms in total. The van der Waals surface area contributed by atoms with Gasteiger partial charge in [0.15, 0.2) is 5.13 Å². The van der Waals surface area contributed by atoms with E-state index >= 15 is 0 Å². The van der Waals surface area contributed by atoms with Crippen LogP contribution in [-0.2, 0) is 25.0 Å². The lowest BCUT2D eigenvalue weighted by atomic mass is 9.86. The van der Waals surface area contributed by atoms with Gasteiger partial charge in [-0.25, -0.2) is 13.4 Å². The number of rotatable bonds is 5. The topological polar surface area (TPSA) is 99.7 Å².